The topological polar surface area (TPSA) is 49.3 Å². The Morgan fingerprint density at radius 2 is 1.95 bits per heavy atom. The first-order valence-corrected chi connectivity index (χ1v) is 7.72. The Hall–Kier alpha value is -1.51. The summed E-state index contributed by atoms with van der Waals surface area (Å²) in [5.74, 6) is 1.26. The smallest absolute Gasteiger partial charge is 0.223 e. The number of carbonyl (C=O) groups excluding carboxylic acids is 1. The predicted octanol–water partition coefficient (Wildman–Crippen LogP) is 3.27. The van der Waals surface area contributed by atoms with Crippen LogP contribution in [-0.2, 0) is 11.2 Å². The number of phenolic OH excluding ortho intramolecular Hbond substituents is 1. The molecule has 3 heteroatoms. The molecule has 20 heavy (non-hydrogen) atoms. The monoisotopic (exact) mass is 275 g/mol. The van der Waals surface area contributed by atoms with E-state index in [-0.39, 0.29) is 11.8 Å². The van der Waals surface area contributed by atoms with Crippen molar-refractivity contribution in [2.45, 2.75) is 45.4 Å². The van der Waals surface area contributed by atoms with Crippen molar-refractivity contribution in [3.8, 4) is 5.75 Å². The van der Waals surface area contributed by atoms with Crippen LogP contribution in [-0.4, -0.2) is 17.6 Å². The Labute approximate surface area is 121 Å². The molecule has 1 unspecified atom stereocenters. The highest BCUT2D eigenvalue weighted by atomic mass is 16.3. The number of aryl methyl sites for hydroxylation is 1. The fraction of sp³-hybridized carbons (Fsp3) is 0.588. The highest BCUT2D eigenvalue weighted by molar-refractivity contribution is 5.78. The lowest BCUT2D eigenvalue weighted by molar-refractivity contribution is -0.126. The van der Waals surface area contributed by atoms with Gasteiger partial charge in [-0.2, -0.15) is 0 Å². The molecule has 0 bridgehead atoms. The van der Waals surface area contributed by atoms with Gasteiger partial charge in [-0.1, -0.05) is 31.9 Å². The third kappa shape index (κ3) is 4.26. The number of nitrogens with one attached hydrogen (secondary N) is 1. The summed E-state index contributed by atoms with van der Waals surface area (Å²) in [6.45, 7) is 2.79. The molecule has 1 aromatic carbocycles. The molecule has 0 radical (unpaired) electrons. The number of amides is 1. The van der Waals surface area contributed by atoms with Gasteiger partial charge in [0.1, 0.15) is 5.75 Å². The molecular weight excluding hydrogens is 250 g/mol. The van der Waals surface area contributed by atoms with E-state index in [1.165, 1.54) is 31.2 Å². The second-order valence-corrected chi connectivity index (χ2v) is 5.89. The van der Waals surface area contributed by atoms with Crippen molar-refractivity contribution in [1.82, 2.24) is 5.32 Å². The summed E-state index contributed by atoms with van der Waals surface area (Å²) >= 11 is 0. The van der Waals surface area contributed by atoms with Gasteiger partial charge in [0.15, 0.2) is 0 Å². The summed E-state index contributed by atoms with van der Waals surface area (Å²) in [6, 6.07) is 7.27. The van der Waals surface area contributed by atoms with Crippen molar-refractivity contribution in [3.63, 3.8) is 0 Å². The van der Waals surface area contributed by atoms with Crippen LogP contribution in [0.1, 0.15) is 44.6 Å². The third-order valence-electron chi connectivity index (χ3n) is 4.40. The van der Waals surface area contributed by atoms with E-state index in [2.05, 4.69) is 12.2 Å². The molecule has 2 rings (SSSR count). The number of hydrogen-bond donors (Lipinski definition) is 2. The van der Waals surface area contributed by atoms with Crippen LogP contribution in [0.2, 0.25) is 0 Å². The van der Waals surface area contributed by atoms with E-state index in [1.807, 2.05) is 12.1 Å². The summed E-state index contributed by atoms with van der Waals surface area (Å²) < 4.78 is 0. The van der Waals surface area contributed by atoms with E-state index in [9.17, 15) is 9.90 Å². The molecule has 1 fully saturated rings. The zero-order chi connectivity index (χ0) is 14.4. The van der Waals surface area contributed by atoms with Crippen LogP contribution in [0.3, 0.4) is 0 Å². The Bertz CT molecular complexity index is 421. The van der Waals surface area contributed by atoms with Gasteiger partial charge in [0.05, 0.1) is 0 Å². The summed E-state index contributed by atoms with van der Waals surface area (Å²) in [5, 5.41) is 12.3. The predicted molar refractivity (Wildman–Crippen MR) is 80.6 cm³/mol. The standard InChI is InChI=1S/C17H25NO2/c1-13(15-6-2-3-7-15)17(20)18-12-4-5-14-8-10-16(19)11-9-14/h8-11,13,15,19H,2-7,12H2,1H3,(H,18,20). The van der Waals surface area contributed by atoms with Crippen molar-refractivity contribution in [1.29, 1.82) is 0 Å². The number of benzene rings is 1. The molecule has 2 N–H and O–H groups in total. The van der Waals surface area contributed by atoms with Crippen LogP contribution in [0.15, 0.2) is 24.3 Å². The largest absolute Gasteiger partial charge is 0.508 e. The van der Waals surface area contributed by atoms with Crippen LogP contribution in [0.25, 0.3) is 0 Å². The minimum absolute atomic E-state index is 0.158. The van der Waals surface area contributed by atoms with Gasteiger partial charge < -0.3 is 10.4 Å². The first-order chi connectivity index (χ1) is 9.66. The lowest BCUT2D eigenvalue weighted by atomic mass is 9.92. The average Bonchev–Trinajstić information content (AvgIpc) is 2.98. The zero-order valence-corrected chi connectivity index (χ0v) is 12.3. The van der Waals surface area contributed by atoms with Gasteiger partial charge in [-0.05, 0) is 49.3 Å². The van der Waals surface area contributed by atoms with Gasteiger partial charge >= 0.3 is 0 Å². The van der Waals surface area contributed by atoms with Crippen molar-refractivity contribution in [3.05, 3.63) is 29.8 Å². The van der Waals surface area contributed by atoms with E-state index < -0.39 is 0 Å². The summed E-state index contributed by atoms with van der Waals surface area (Å²) in [4.78, 5) is 12.0. The highest BCUT2D eigenvalue weighted by Crippen LogP contribution is 2.31. The Morgan fingerprint density at radius 1 is 1.30 bits per heavy atom. The first-order valence-electron chi connectivity index (χ1n) is 7.72. The summed E-state index contributed by atoms with van der Waals surface area (Å²) in [6.07, 6.45) is 6.85. The molecule has 1 atom stereocenters. The van der Waals surface area contributed by atoms with Gasteiger partial charge in [0.25, 0.3) is 0 Å². The molecule has 1 amide bonds. The molecule has 0 saturated heterocycles. The minimum Gasteiger partial charge on any atom is -0.508 e. The molecule has 3 nitrogen and oxygen atoms in total. The summed E-state index contributed by atoms with van der Waals surface area (Å²) in [5.41, 5.74) is 1.20. The SMILES string of the molecule is CC(C(=O)NCCCc1ccc(O)cc1)C1CCCC1. The lowest BCUT2D eigenvalue weighted by Crippen LogP contribution is -2.33. The first kappa shape index (κ1) is 14.9. The molecule has 0 aliphatic heterocycles. The second-order valence-electron chi connectivity index (χ2n) is 5.89. The molecule has 110 valence electrons. The molecule has 1 aliphatic carbocycles. The van der Waals surface area contributed by atoms with Crippen molar-refractivity contribution in [2.24, 2.45) is 11.8 Å². The third-order valence-corrected chi connectivity index (χ3v) is 4.40. The van der Waals surface area contributed by atoms with E-state index in [1.54, 1.807) is 12.1 Å². The second kappa shape index (κ2) is 7.32. The molecule has 0 aromatic heterocycles. The van der Waals surface area contributed by atoms with Gasteiger partial charge in [-0.25, -0.2) is 0 Å². The van der Waals surface area contributed by atoms with E-state index >= 15 is 0 Å². The average molecular weight is 275 g/mol. The van der Waals surface area contributed by atoms with Crippen molar-refractivity contribution >= 4 is 5.91 Å². The molecule has 1 aromatic rings. The molecular formula is C17H25NO2. The van der Waals surface area contributed by atoms with Crippen LogP contribution < -0.4 is 5.32 Å². The van der Waals surface area contributed by atoms with Crippen LogP contribution in [0.4, 0.5) is 0 Å². The maximum atomic E-state index is 12.0. The van der Waals surface area contributed by atoms with Gasteiger partial charge in [0, 0.05) is 12.5 Å². The van der Waals surface area contributed by atoms with Crippen molar-refractivity contribution in [2.75, 3.05) is 6.54 Å². The van der Waals surface area contributed by atoms with Gasteiger partial charge in [0.2, 0.25) is 5.91 Å². The summed E-state index contributed by atoms with van der Waals surface area (Å²) in [7, 11) is 0. The molecule has 0 heterocycles. The maximum Gasteiger partial charge on any atom is 0.223 e. The van der Waals surface area contributed by atoms with E-state index in [0.29, 0.717) is 11.7 Å². The highest BCUT2D eigenvalue weighted by Gasteiger charge is 2.26. The number of phenols is 1. The fourth-order valence-electron chi connectivity index (χ4n) is 3.00. The van der Waals surface area contributed by atoms with Crippen LogP contribution >= 0.6 is 0 Å². The van der Waals surface area contributed by atoms with Gasteiger partial charge in [-0.3, -0.25) is 4.79 Å². The minimum atomic E-state index is 0.158. The zero-order valence-electron chi connectivity index (χ0n) is 12.3. The number of rotatable bonds is 6. The number of hydrogen-bond acceptors (Lipinski definition) is 2. The normalized spacial score (nSPS) is 17.1. The lowest BCUT2D eigenvalue weighted by Gasteiger charge is -2.18. The maximum absolute atomic E-state index is 12.0. The number of carbonyl (C=O) groups is 1. The number of aromatic hydroxyl groups is 1. The van der Waals surface area contributed by atoms with Crippen molar-refractivity contribution < 1.29 is 9.90 Å². The van der Waals surface area contributed by atoms with E-state index in [0.717, 1.165) is 19.4 Å². The van der Waals surface area contributed by atoms with Crippen LogP contribution in [0.5, 0.6) is 5.75 Å². The van der Waals surface area contributed by atoms with Gasteiger partial charge in [-0.15, -0.1) is 0 Å². The fourth-order valence-corrected chi connectivity index (χ4v) is 3.00. The quantitative estimate of drug-likeness (QED) is 0.783. The Morgan fingerprint density at radius 3 is 2.60 bits per heavy atom. The Balaban J connectivity index is 1.65. The molecule has 0 spiro atoms. The van der Waals surface area contributed by atoms with E-state index in [4.69, 9.17) is 0 Å². The molecule has 1 saturated carbocycles. The van der Waals surface area contributed by atoms with Crippen LogP contribution in [0, 0.1) is 11.8 Å². The molecule has 1 aliphatic rings. The Kier molecular flexibility index (Phi) is 5.45.